The standard InChI is InChI=1S/C16H8Cl2N2O4/c17-12-5-2-6-13(18)11(12)8-14-16(21)24-15(19-14)9-3-1-4-10(7-9)20(22)23/h1-8H/b14-8-. The summed E-state index contributed by atoms with van der Waals surface area (Å²) >= 11 is 12.1. The number of nitro groups is 1. The number of esters is 1. The van der Waals surface area contributed by atoms with Crippen LogP contribution in [0.3, 0.4) is 0 Å². The van der Waals surface area contributed by atoms with Crippen LogP contribution >= 0.6 is 23.2 Å². The van der Waals surface area contributed by atoms with E-state index in [4.69, 9.17) is 27.9 Å². The topological polar surface area (TPSA) is 81.8 Å². The summed E-state index contributed by atoms with van der Waals surface area (Å²) in [5.74, 6) is -0.703. The van der Waals surface area contributed by atoms with Crippen LogP contribution in [0, 0.1) is 10.1 Å². The molecule has 2 aromatic carbocycles. The largest absolute Gasteiger partial charge is 0.402 e. The molecule has 120 valence electrons. The highest BCUT2D eigenvalue weighted by atomic mass is 35.5. The number of halogens is 2. The summed E-state index contributed by atoms with van der Waals surface area (Å²) in [6, 6.07) is 10.6. The van der Waals surface area contributed by atoms with Crippen LogP contribution in [0.15, 0.2) is 53.2 Å². The van der Waals surface area contributed by atoms with E-state index in [1.54, 1.807) is 24.3 Å². The van der Waals surface area contributed by atoms with E-state index in [0.29, 0.717) is 21.2 Å². The van der Waals surface area contributed by atoms with Gasteiger partial charge >= 0.3 is 5.97 Å². The number of hydrogen-bond donors (Lipinski definition) is 0. The van der Waals surface area contributed by atoms with Gasteiger partial charge in [-0.05, 0) is 24.3 Å². The number of aliphatic imine (C=N–C) groups is 1. The fourth-order valence-electron chi connectivity index (χ4n) is 2.07. The summed E-state index contributed by atoms with van der Waals surface area (Å²) in [4.78, 5) is 26.4. The first kappa shape index (κ1) is 16.2. The summed E-state index contributed by atoms with van der Waals surface area (Å²) in [5.41, 5.74) is 0.646. The van der Waals surface area contributed by atoms with Crippen molar-refractivity contribution in [3.8, 4) is 0 Å². The van der Waals surface area contributed by atoms with Crippen molar-refractivity contribution in [2.45, 2.75) is 0 Å². The molecule has 0 amide bonds. The molecule has 0 atom stereocenters. The van der Waals surface area contributed by atoms with Gasteiger partial charge < -0.3 is 4.74 Å². The number of benzene rings is 2. The van der Waals surface area contributed by atoms with E-state index in [1.165, 1.54) is 24.3 Å². The number of ether oxygens (including phenoxy) is 1. The number of rotatable bonds is 3. The number of hydrogen-bond acceptors (Lipinski definition) is 5. The molecular weight excluding hydrogens is 355 g/mol. The molecule has 8 heteroatoms. The fraction of sp³-hybridized carbons (Fsp3) is 0. The van der Waals surface area contributed by atoms with E-state index in [1.807, 2.05) is 0 Å². The highest BCUT2D eigenvalue weighted by Crippen LogP contribution is 2.29. The molecule has 0 bridgehead atoms. The normalized spacial score (nSPS) is 15.3. The molecule has 6 nitrogen and oxygen atoms in total. The number of carbonyl (C=O) groups excluding carboxylic acids is 1. The van der Waals surface area contributed by atoms with Gasteiger partial charge in [0.15, 0.2) is 5.70 Å². The molecular formula is C16H8Cl2N2O4. The molecule has 1 aliphatic heterocycles. The van der Waals surface area contributed by atoms with Crippen molar-refractivity contribution >= 4 is 46.8 Å². The Hall–Kier alpha value is -2.70. The van der Waals surface area contributed by atoms with Gasteiger partial charge in [-0.1, -0.05) is 35.3 Å². The van der Waals surface area contributed by atoms with E-state index in [9.17, 15) is 14.9 Å². The molecule has 0 radical (unpaired) electrons. The van der Waals surface area contributed by atoms with E-state index in [-0.39, 0.29) is 17.3 Å². The highest BCUT2D eigenvalue weighted by molar-refractivity contribution is 6.37. The quantitative estimate of drug-likeness (QED) is 0.353. The molecule has 0 saturated heterocycles. The fourth-order valence-corrected chi connectivity index (χ4v) is 2.58. The van der Waals surface area contributed by atoms with Gasteiger partial charge in [-0.3, -0.25) is 10.1 Å². The molecule has 0 aliphatic carbocycles. The van der Waals surface area contributed by atoms with Crippen molar-refractivity contribution < 1.29 is 14.5 Å². The predicted molar refractivity (Wildman–Crippen MR) is 90.2 cm³/mol. The number of non-ortho nitro benzene ring substituents is 1. The Balaban J connectivity index is 2.01. The lowest BCUT2D eigenvalue weighted by Crippen LogP contribution is -2.05. The average molecular weight is 363 g/mol. The Labute approximate surface area is 146 Å². The Kier molecular flexibility index (Phi) is 4.33. The molecule has 0 aromatic heterocycles. The van der Waals surface area contributed by atoms with Gasteiger partial charge in [-0.2, -0.15) is 0 Å². The molecule has 1 heterocycles. The number of carbonyl (C=O) groups is 1. The first-order valence-electron chi connectivity index (χ1n) is 6.67. The van der Waals surface area contributed by atoms with Crippen LogP contribution < -0.4 is 0 Å². The monoisotopic (exact) mass is 362 g/mol. The maximum Gasteiger partial charge on any atom is 0.363 e. The number of nitro benzene ring substituents is 1. The molecule has 0 spiro atoms. The molecule has 24 heavy (non-hydrogen) atoms. The highest BCUT2D eigenvalue weighted by Gasteiger charge is 2.25. The summed E-state index contributed by atoms with van der Waals surface area (Å²) in [6.07, 6.45) is 1.41. The van der Waals surface area contributed by atoms with Crippen LogP contribution in [0.5, 0.6) is 0 Å². The zero-order chi connectivity index (χ0) is 17.3. The van der Waals surface area contributed by atoms with Gasteiger partial charge in [0.2, 0.25) is 5.90 Å². The Morgan fingerprint density at radius 2 is 1.79 bits per heavy atom. The van der Waals surface area contributed by atoms with Crippen molar-refractivity contribution in [2.75, 3.05) is 0 Å². The van der Waals surface area contributed by atoms with Crippen LogP contribution in [0.2, 0.25) is 10.0 Å². The first-order chi connectivity index (χ1) is 11.5. The Morgan fingerprint density at radius 3 is 2.46 bits per heavy atom. The zero-order valence-electron chi connectivity index (χ0n) is 11.9. The Bertz CT molecular complexity index is 902. The van der Waals surface area contributed by atoms with Crippen LogP contribution in [-0.4, -0.2) is 16.8 Å². The lowest BCUT2D eigenvalue weighted by Gasteiger charge is -2.00. The SMILES string of the molecule is O=C1OC(c2cccc([N+](=O)[O-])c2)=N/C1=C\c1c(Cl)cccc1Cl. The van der Waals surface area contributed by atoms with Gasteiger partial charge in [0.25, 0.3) is 5.69 Å². The Morgan fingerprint density at radius 1 is 1.12 bits per heavy atom. The van der Waals surface area contributed by atoms with Crippen LogP contribution in [0.1, 0.15) is 11.1 Å². The van der Waals surface area contributed by atoms with Gasteiger partial charge in [0.1, 0.15) is 0 Å². The smallest absolute Gasteiger partial charge is 0.363 e. The van der Waals surface area contributed by atoms with E-state index in [2.05, 4.69) is 4.99 Å². The molecule has 1 aliphatic rings. The van der Waals surface area contributed by atoms with Crippen molar-refractivity contribution in [1.82, 2.24) is 0 Å². The lowest BCUT2D eigenvalue weighted by molar-refractivity contribution is -0.384. The molecule has 0 saturated carbocycles. The van der Waals surface area contributed by atoms with E-state index >= 15 is 0 Å². The van der Waals surface area contributed by atoms with Gasteiger partial charge in [0, 0.05) is 33.3 Å². The lowest BCUT2D eigenvalue weighted by atomic mass is 10.2. The minimum atomic E-state index is -0.688. The number of cyclic esters (lactones) is 1. The second-order valence-corrected chi connectivity index (χ2v) is 5.59. The summed E-state index contributed by atoms with van der Waals surface area (Å²) in [6.45, 7) is 0. The molecule has 0 fully saturated rings. The third-order valence-corrected chi connectivity index (χ3v) is 3.86. The van der Waals surface area contributed by atoms with Gasteiger partial charge in [0.05, 0.1) is 4.92 Å². The third-order valence-electron chi connectivity index (χ3n) is 3.21. The molecule has 3 rings (SSSR count). The molecule has 0 N–H and O–H groups in total. The van der Waals surface area contributed by atoms with E-state index < -0.39 is 10.9 Å². The minimum absolute atomic E-state index is 0.00602. The van der Waals surface area contributed by atoms with Crippen molar-refractivity contribution in [1.29, 1.82) is 0 Å². The minimum Gasteiger partial charge on any atom is -0.402 e. The van der Waals surface area contributed by atoms with Crippen LogP contribution in [-0.2, 0) is 9.53 Å². The van der Waals surface area contributed by atoms with Crippen molar-refractivity contribution in [3.63, 3.8) is 0 Å². The van der Waals surface area contributed by atoms with Crippen LogP contribution in [0.25, 0.3) is 6.08 Å². The molecule has 2 aromatic rings. The maximum absolute atomic E-state index is 12.0. The summed E-state index contributed by atoms with van der Waals surface area (Å²) < 4.78 is 5.08. The molecule has 0 unspecified atom stereocenters. The first-order valence-corrected chi connectivity index (χ1v) is 7.42. The number of nitrogens with zero attached hydrogens (tertiary/aromatic N) is 2. The average Bonchev–Trinajstić information content (AvgIpc) is 2.92. The predicted octanol–water partition coefficient (Wildman–Crippen LogP) is 4.25. The van der Waals surface area contributed by atoms with Crippen LogP contribution in [0.4, 0.5) is 5.69 Å². The van der Waals surface area contributed by atoms with Gasteiger partial charge in [-0.15, -0.1) is 0 Å². The second-order valence-electron chi connectivity index (χ2n) is 4.78. The van der Waals surface area contributed by atoms with E-state index in [0.717, 1.165) is 0 Å². The summed E-state index contributed by atoms with van der Waals surface area (Å²) in [5, 5.41) is 11.6. The summed E-state index contributed by atoms with van der Waals surface area (Å²) in [7, 11) is 0. The zero-order valence-corrected chi connectivity index (χ0v) is 13.4. The van der Waals surface area contributed by atoms with Gasteiger partial charge in [-0.25, -0.2) is 9.79 Å². The van der Waals surface area contributed by atoms with Crippen molar-refractivity contribution in [3.05, 3.63) is 79.4 Å². The van der Waals surface area contributed by atoms with Crippen molar-refractivity contribution in [2.24, 2.45) is 4.99 Å². The maximum atomic E-state index is 12.0. The third kappa shape index (κ3) is 3.15. The second kappa shape index (κ2) is 6.43.